The zero-order valence-electron chi connectivity index (χ0n) is 12.8. The Balaban J connectivity index is 2.91. The maximum Gasteiger partial charge on any atom is 0.147 e. The highest BCUT2D eigenvalue weighted by Crippen LogP contribution is 2.25. The van der Waals surface area contributed by atoms with E-state index in [2.05, 4.69) is 12.2 Å². The lowest BCUT2D eigenvalue weighted by atomic mass is 10.0. The number of methoxy groups -OCH3 is 1. The summed E-state index contributed by atoms with van der Waals surface area (Å²) in [5, 5.41) is 3.41. The first-order valence-electron chi connectivity index (χ1n) is 6.93. The fourth-order valence-corrected chi connectivity index (χ4v) is 2.75. The van der Waals surface area contributed by atoms with Crippen LogP contribution in [0.15, 0.2) is 18.2 Å². The predicted octanol–water partition coefficient (Wildman–Crippen LogP) is 2.48. The number of hydrogen-bond acceptors (Lipinski definition) is 4. The van der Waals surface area contributed by atoms with Crippen molar-refractivity contribution in [3.63, 3.8) is 0 Å². The summed E-state index contributed by atoms with van der Waals surface area (Å²) in [5.74, 6) is 1.02. The van der Waals surface area contributed by atoms with Crippen LogP contribution < -0.4 is 10.1 Å². The number of ether oxygens (including phenoxy) is 1. The van der Waals surface area contributed by atoms with Gasteiger partial charge < -0.3 is 10.1 Å². The summed E-state index contributed by atoms with van der Waals surface area (Å²) in [5.41, 5.74) is 2.15. The molecule has 0 aliphatic carbocycles. The van der Waals surface area contributed by atoms with E-state index < -0.39 is 9.84 Å². The molecule has 1 rings (SSSR count). The van der Waals surface area contributed by atoms with E-state index in [9.17, 15) is 8.42 Å². The fourth-order valence-electron chi connectivity index (χ4n) is 2.09. The first kappa shape index (κ1) is 17.0. The van der Waals surface area contributed by atoms with Gasteiger partial charge in [-0.15, -0.1) is 0 Å². The second-order valence-corrected chi connectivity index (χ2v) is 7.41. The molecule has 0 aromatic heterocycles. The Morgan fingerprint density at radius 1 is 1.35 bits per heavy atom. The topological polar surface area (TPSA) is 55.4 Å². The molecule has 1 aromatic carbocycles. The molecule has 1 aromatic rings. The zero-order chi connectivity index (χ0) is 15.2. The quantitative estimate of drug-likeness (QED) is 0.801. The van der Waals surface area contributed by atoms with Crippen molar-refractivity contribution in [2.75, 3.05) is 25.7 Å². The number of aryl methyl sites for hydroxylation is 1. The van der Waals surface area contributed by atoms with Gasteiger partial charge in [-0.3, -0.25) is 0 Å². The van der Waals surface area contributed by atoms with Gasteiger partial charge in [-0.25, -0.2) is 8.42 Å². The lowest BCUT2D eigenvalue weighted by Gasteiger charge is -2.20. The van der Waals surface area contributed by atoms with E-state index in [-0.39, 0.29) is 11.8 Å². The van der Waals surface area contributed by atoms with E-state index in [1.807, 2.05) is 25.1 Å². The maximum absolute atomic E-state index is 11.4. The van der Waals surface area contributed by atoms with Crippen molar-refractivity contribution in [3.05, 3.63) is 29.3 Å². The second-order valence-electron chi connectivity index (χ2n) is 5.15. The van der Waals surface area contributed by atoms with Crippen LogP contribution in [0, 0.1) is 6.92 Å². The Hall–Kier alpha value is -1.07. The fraction of sp³-hybridized carbons (Fsp3) is 0.600. The molecule has 1 atom stereocenters. The Bertz CT molecular complexity index is 526. The van der Waals surface area contributed by atoms with Crippen molar-refractivity contribution < 1.29 is 13.2 Å². The molecule has 0 aliphatic rings. The molecule has 1 N–H and O–H groups in total. The van der Waals surface area contributed by atoms with Crippen molar-refractivity contribution >= 4 is 9.84 Å². The van der Waals surface area contributed by atoms with Gasteiger partial charge in [0.25, 0.3) is 0 Å². The van der Waals surface area contributed by atoms with Gasteiger partial charge >= 0.3 is 0 Å². The highest BCUT2D eigenvalue weighted by molar-refractivity contribution is 7.90. The SMILES string of the molecule is CCCNC(CCS(C)(=O)=O)c1ccc(C)c(OC)c1. The summed E-state index contributed by atoms with van der Waals surface area (Å²) in [6, 6.07) is 6.08. The maximum atomic E-state index is 11.4. The van der Waals surface area contributed by atoms with Gasteiger partial charge in [0, 0.05) is 12.3 Å². The molecule has 4 nitrogen and oxygen atoms in total. The molecule has 114 valence electrons. The molecule has 0 heterocycles. The van der Waals surface area contributed by atoms with E-state index in [1.54, 1.807) is 7.11 Å². The average molecular weight is 299 g/mol. The van der Waals surface area contributed by atoms with E-state index in [0.717, 1.165) is 29.8 Å². The van der Waals surface area contributed by atoms with Crippen molar-refractivity contribution in [1.29, 1.82) is 0 Å². The van der Waals surface area contributed by atoms with Crippen LogP contribution in [0.2, 0.25) is 0 Å². The molecule has 0 bridgehead atoms. The molecule has 1 unspecified atom stereocenters. The van der Waals surface area contributed by atoms with E-state index in [1.165, 1.54) is 6.26 Å². The number of rotatable bonds is 8. The smallest absolute Gasteiger partial charge is 0.147 e. The van der Waals surface area contributed by atoms with Crippen LogP contribution in [0.3, 0.4) is 0 Å². The molecular weight excluding hydrogens is 274 g/mol. The van der Waals surface area contributed by atoms with Crippen molar-refractivity contribution in [2.24, 2.45) is 0 Å². The van der Waals surface area contributed by atoms with Gasteiger partial charge in [-0.1, -0.05) is 19.1 Å². The Morgan fingerprint density at radius 3 is 2.60 bits per heavy atom. The molecule has 0 radical (unpaired) electrons. The second kappa shape index (κ2) is 7.64. The number of benzene rings is 1. The number of hydrogen-bond donors (Lipinski definition) is 1. The summed E-state index contributed by atoms with van der Waals surface area (Å²) in [4.78, 5) is 0. The lowest BCUT2D eigenvalue weighted by Crippen LogP contribution is -2.24. The van der Waals surface area contributed by atoms with Gasteiger partial charge in [-0.2, -0.15) is 0 Å². The van der Waals surface area contributed by atoms with Gasteiger partial charge in [0.15, 0.2) is 0 Å². The summed E-state index contributed by atoms with van der Waals surface area (Å²) >= 11 is 0. The van der Waals surface area contributed by atoms with Crippen LogP contribution in [0.5, 0.6) is 5.75 Å². The van der Waals surface area contributed by atoms with Gasteiger partial charge in [0.2, 0.25) is 0 Å². The number of sulfone groups is 1. The third kappa shape index (κ3) is 5.51. The third-order valence-electron chi connectivity index (χ3n) is 3.25. The molecule has 0 saturated heterocycles. The number of nitrogens with one attached hydrogen (secondary N) is 1. The van der Waals surface area contributed by atoms with Crippen molar-refractivity contribution in [3.8, 4) is 5.75 Å². The predicted molar refractivity (Wildman–Crippen MR) is 83.1 cm³/mol. The molecular formula is C15H25NO3S. The monoisotopic (exact) mass is 299 g/mol. The van der Waals surface area contributed by atoms with Crippen LogP contribution in [0.1, 0.15) is 36.9 Å². The summed E-state index contributed by atoms with van der Waals surface area (Å²) in [6.45, 7) is 4.95. The Labute approximate surface area is 122 Å². The first-order valence-corrected chi connectivity index (χ1v) is 8.99. The minimum Gasteiger partial charge on any atom is -0.496 e. The lowest BCUT2D eigenvalue weighted by molar-refractivity contribution is 0.409. The molecule has 5 heteroatoms. The van der Waals surface area contributed by atoms with Crippen molar-refractivity contribution in [1.82, 2.24) is 5.32 Å². The van der Waals surface area contributed by atoms with E-state index >= 15 is 0 Å². The summed E-state index contributed by atoms with van der Waals surface area (Å²) in [6.07, 6.45) is 2.86. The molecule has 0 spiro atoms. The molecule has 20 heavy (non-hydrogen) atoms. The minimum absolute atomic E-state index is 0.0409. The summed E-state index contributed by atoms with van der Waals surface area (Å²) < 4.78 is 28.1. The molecule has 0 amide bonds. The normalized spacial score (nSPS) is 13.2. The molecule has 0 saturated carbocycles. The highest BCUT2D eigenvalue weighted by Gasteiger charge is 2.15. The van der Waals surface area contributed by atoms with Crippen LogP contribution in [0.25, 0.3) is 0 Å². The third-order valence-corrected chi connectivity index (χ3v) is 4.23. The van der Waals surface area contributed by atoms with Crippen LogP contribution in [-0.2, 0) is 9.84 Å². The van der Waals surface area contributed by atoms with E-state index in [0.29, 0.717) is 6.42 Å². The first-order chi connectivity index (χ1) is 9.37. The van der Waals surface area contributed by atoms with Crippen LogP contribution in [0.4, 0.5) is 0 Å². The van der Waals surface area contributed by atoms with Crippen molar-refractivity contribution in [2.45, 2.75) is 32.7 Å². The van der Waals surface area contributed by atoms with E-state index in [4.69, 9.17) is 4.74 Å². The van der Waals surface area contributed by atoms with Crippen LogP contribution in [-0.4, -0.2) is 34.1 Å². The van der Waals surface area contributed by atoms with Gasteiger partial charge in [-0.05, 0) is 43.5 Å². The Kier molecular flexibility index (Phi) is 6.49. The highest BCUT2D eigenvalue weighted by atomic mass is 32.2. The average Bonchev–Trinajstić information content (AvgIpc) is 2.39. The van der Waals surface area contributed by atoms with Gasteiger partial charge in [0.1, 0.15) is 15.6 Å². The zero-order valence-corrected chi connectivity index (χ0v) is 13.6. The van der Waals surface area contributed by atoms with Crippen LogP contribution >= 0.6 is 0 Å². The van der Waals surface area contributed by atoms with Gasteiger partial charge in [0.05, 0.1) is 12.9 Å². The largest absolute Gasteiger partial charge is 0.496 e. The minimum atomic E-state index is -2.95. The molecule has 0 fully saturated rings. The Morgan fingerprint density at radius 2 is 2.05 bits per heavy atom. The summed E-state index contributed by atoms with van der Waals surface area (Å²) in [7, 11) is -1.30. The standard InChI is InChI=1S/C15H25NO3S/c1-5-9-16-14(8-10-20(4,17)18)13-7-6-12(2)15(11-13)19-3/h6-7,11,14,16H,5,8-10H2,1-4H3. The molecule has 0 aliphatic heterocycles.